The Morgan fingerprint density at radius 2 is 1.78 bits per heavy atom. The number of sulfonamides is 1. The molecule has 2 aromatic rings. The van der Waals surface area contributed by atoms with Gasteiger partial charge in [0.15, 0.2) is 0 Å². The molecule has 0 aliphatic heterocycles. The second-order valence-electron chi connectivity index (χ2n) is 4.77. The molecule has 0 unspecified atom stereocenters. The molecule has 23 heavy (non-hydrogen) atoms. The first kappa shape index (κ1) is 17.7. The van der Waals surface area contributed by atoms with Crippen LogP contribution in [0.3, 0.4) is 0 Å². The molecule has 5 nitrogen and oxygen atoms in total. The van der Waals surface area contributed by atoms with Crippen molar-refractivity contribution in [3.63, 3.8) is 0 Å². The molecule has 0 bridgehead atoms. The molecule has 0 aliphatic carbocycles. The van der Waals surface area contributed by atoms with Gasteiger partial charge in [-0.3, -0.25) is 4.79 Å². The summed E-state index contributed by atoms with van der Waals surface area (Å²) in [7, 11) is -3.75. The number of rotatable bonds is 5. The maximum absolute atomic E-state index is 12.2. The maximum Gasteiger partial charge on any atom is 0.241 e. The first-order valence-electron chi connectivity index (χ1n) is 6.60. The zero-order chi connectivity index (χ0) is 17.0. The van der Waals surface area contributed by atoms with Gasteiger partial charge in [-0.1, -0.05) is 41.4 Å². The van der Waals surface area contributed by atoms with Crippen molar-refractivity contribution >= 4 is 44.8 Å². The van der Waals surface area contributed by atoms with Crippen LogP contribution in [0, 0.1) is 6.92 Å². The van der Waals surface area contributed by atoms with Crippen molar-refractivity contribution in [3.05, 3.63) is 58.1 Å². The smallest absolute Gasteiger partial charge is 0.241 e. The Kier molecular flexibility index (Phi) is 5.64. The Morgan fingerprint density at radius 1 is 1.09 bits per heavy atom. The van der Waals surface area contributed by atoms with E-state index in [1.807, 2.05) is 0 Å². The highest BCUT2D eigenvalue weighted by Crippen LogP contribution is 2.24. The molecular formula is C15H14Cl2N2O3S. The third-order valence-corrected chi connectivity index (χ3v) is 5.31. The molecule has 0 aromatic heterocycles. The monoisotopic (exact) mass is 372 g/mol. The second-order valence-corrected chi connectivity index (χ2v) is 7.32. The lowest BCUT2D eigenvalue weighted by Gasteiger charge is -2.10. The number of benzene rings is 2. The van der Waals surface area contributed by atoms with Gasteiger partial charge in [0, 0.05) is 5.69 Å². The van der Waals surface area contributed by atoms with Crippen LogP contribution in [0.4, 0.5) is 5.69 Å². The predicted molar refractivity (Wildman–Crippen MR) is 91.5 cm³/mol. The predicted octanol–water partition coefficient (Wildman–Crippen LogP) is 3.22. The van der Waals surface area contributed by atoms with E-state index in [-0.39, 0.29) is 4.90 Å². The summed E-state index contributed by atoms with van der Waals surface area (Å²) in [6.45, 7) is 1.29. The molecule has 2 rings (SSSR count). The Balaban J connectivity index is 2.01. The van der Waals surface area contributed by atoms with Gasteiger partial charge in [-0.15, -0.1) is 0 Å². The summed E-state index contributed by atoms with van der Waals surface area (Å²) in [6, 6.07) is 11.1. The van der Waals surface area contributed by atoms with Gasteiger partial charge in [0.25, 0.3) is 0 Å². The van der Waals surface area contributed by atoms with E-state index in [9.17, 15) is 13.2 Å². The lowest BCUT2D eigenvalue weighted by molar-refractivity contribution is -0.115. The number of hydrogen-bond acceptors (Lipinski definition) is 3. The lowest BCUT2D eigenvalue weighted by atomic mass is 10.2. The molecule has 0 spiro atoms. The zero-order valence-electron chi connectivity index (χ0n) is 12.1. The number of carbonyl (C=O) groups is 1. The molecule has 0 radical (unpaired) electrons. The highest BCUT2D eigenvalue weighted by molar-refractivity contribution is 7.89. The fourth-order valence-electron chi connectivity index (χ4n) is 1.88. The number of nitrogens with one attached hydrogen (secondary N) is 2. The maximum atomic E-state index is 12.2. The molecule has 122 valence electrons. The van der Waals surface area contributed by atoms with Crippen LogP contribution < -0.4 is 10.0 Å². The van der Waals surface area contributed by atoms with Crippen LogP contribution >= 0.6 is 23.2 Å². The standard InChI is InChI=1S/C15H14Cl2N2O3S/c1-10-4-2-3-5-14(10)23(21,22)18-9-15(20)19-11-6-7-12(16)13(17)8-11/h2-8,18H,9H2,1H3,(H,19,20). The van der Waals surface area contributed by atoms with Gasteiger partial charge in [-0.05, 0) is 36.8 Å². The van der Waals surface area contributed by atoms with Crippen molar-refractivity contribution < 1.29 is 13.2 Å². The molecule has 0 aliphatic rings. The van der Waals surface area contributed by atoms with Crippen molar-refractivity contribution in [2.24, 2.45) is 0 Å². The third kappa shape index (κ3) is 4.68. The molecule has 0 heterocycles. The first-order valence-corrected chi connectivity index (χ1v) is 8.84. The van der Waals surface area contributed by atoms with E-state index in [2.05, 4.69) is 10.0 Å². The van der Waals surface area contributed by atoms with Gasteiger partial charge in [0.2, 0.25) is 15.9 Å². The average molecular weight is 373 g/mol. The van der Waals surface area contributed by atoms with Gasteiger partial charge in [-0.25, -0.2) is 13.1 Å². The molecule has 2 N–H and O–H groups in total. The van der Waals surface area contributed by atoms with E-state index in [1.54, 1.807) is 31.2 Å². The summed E-state index contributed by atoms with van der Waals surface area (Å²) in [5.74, 6) is -0.513. The van der Waals surface area contributed by atoms with Crippen molar-refractivity contribution in [1.82, 2.24) is 4.72 Å². The van der Waals surface area contributed by atoms with Crippen molar-refractivity contribution in [3.8, 4) is 0 Å². The summed E-state index contributed by atoms with van der Waals surface area (Å²) < 4.78 is 26.6. The summed E-state index contributed by atoms with van der Waals surface area (Å²) in [5, 5.41) is 3.20. The summed E-state index contributed by atoms with van der Waals surface area (Å²) >= 11 is 11.6. The Morgan fingerprint density at radius 3 is 2.43 bits per heavy atom. The van der Waals surface area contributed by atoms with Gasteiger partial charge in [-0.2, -0.15) is 0 Å². The van der Waals surface area contributed by atoms with Crippen LogP contribution in [-0.4, -0.2) is 20.9 Å². The van der Waals surface area contributed by atoms with Crippen LogP contribution in [0.15, 0.2) is 47.4 Å². The first-order chi connectivity index (χ1) is 10.8. The van der Waals surface area contributed by atoms with E-state index >= 15 is 0 Å². The number of hydrogen-bond donors (Lipinski definition) is 2. The number of amides is 1. The van der Waals surface area contributed by atoms with Crippen LogP contribution in [0.5, 0.6) is 0 Å². The molecule has 0 saturated heterocycles. The molecule has 0 atom stereocenters. The van der Waals surface area contributed by atoms with Crippen molar-refractivity contribution in [1.29, 1.82) is 0 Å². The van der Waals surface area contributed by atoms with E-state index in [0.29, 0.717) is 21.3 Å². The summed E-state index contributed by atoms with van der Waals surface area (Å²) in [5.41, 5.74) is 1.03. The van der Waals surface area contributed by atoms with Crippen LogP contribution in [0.25, 0.3) is 0 Å². The van der Waals surface area contributed by atoms with Crippen LogP contribution in [0.2, 0.25) is 10.0 Å². The second kappa shape index (κ2) is 7.31. The normalized spacial score (nSPS) is 11.3. The number of anilines is 1. The minimum atomic E-state index is -3.75. The van der Waals surface area contributed by atoms with E-state index < -0.39 is 22.5 Å². The fraction of sp³-hybridized carbons (Fsp3) is 0.133. The average Bonchev–Trinajstić information content (AvgIpc) is 2.49. The van der Waals surface area contributed by atoms with E-state index in [4.69, 9.17) is 23.2 Å². The molecule has 1 amide bonds. The molecule has 8 heteroatoms. The van der Waals surface area contributed by atoms with Crippen molar-refractivity contribution in [2.75, 3.05) is 11.9 Å². The Labute approximate surface area is 144 Å². The fourth-order valence-corrected chi connectivity index (χ4v) is 3.40. The summed E-state index contributed by atoms with van der Waals surface area (Å²) in [4.78, 5) is 12.0. The van der Waals surface area contributed by atoms with Gasteiger partial charge in [0.05, 0.1) is 21.5 Å². The quantitative estimate of drug-likeness (QED) is 0.845. The number of halogens is 2. The number of carbonyl (C=O) groups excluding carboxylic acids is 1. The third-order valence-electron chi connectivity index (χ3n) is 3.01. The van der Waals surface area contributed by atoms with E-state index in [1.165, 1.54) is 18.2 Å². The van der Waals surface area contributed by atoms with Crippen molar-refractivity contribution in [2.45, 2.75) is 11.8 Å². The zero-order valence-corrected chi connectivity index (χ0v) is 14.5. The van der Waals surface area contributed by atoms with Gasteiger partial charge in [0.1, 0.15) is 0 Å². The Bertz CT molecular complexity index is 838. The topological polar surface area (TPSA) is 75.3 Å². The molecule has 0 fully saturated rings. The number of aryl methyl sites for hydroxylation is 1. The Hall–Kier alpha value is -1.60. The van der Waals surface area contributed by atoms with Gasteiger partial charge < -0.3 is 5.32 Å². The van der Waals surface area contributed by atoms with Crippen LogP contribution in [-0.2, 0) is 14.8 Å². The summed E-state index contributed by atoms with van der Waals surface area (Å²) in [6.07, 6.45) is 0. The molecule has 2 aromatic carbocycles. The minimum absolute atomic E-state index is 0.141. The largest absolute Gasteiger partial charge is 0.325 e. The minimum Gasteiger partial charge on any atom is -0.325 e. The lowest BCUT2D eigenvalue weighted by Crippen LogP contribution is -2.33. The van der Waals surface area contributed by atoms with Crippen LogP contribution in [0.1, 0.15) is 5.56 Å². The highest BCUT2D eigenvalue weighted by atomic mass is 35.5. The molecular weight excluding hydrogens is 359 g/mol. The molecule has 0 saturated carbocycles. The van der Waals surface area contributed by atoms with E-state index in [0.717, 1.165) is 0 Å². The van der Waals surface area contributed by atoms with Gasteiger partial charge >= 0.3 is 0 Å². The highest BCUT2D eigenvalue weighted by Gasteiger charge is 2.17. The SMILES string of the molecule is Cc1ccccc1S(=O)(=O)NCC(=O)Nc1ccc(Cl)c(Cl)c1.